The van der Waals surface area contributed by atoms with Gasteiger partial charge < -0.3 is 9.64 Å². The van der Waals surface area contributed by atoms with E-state index >= 15 is 0 Å². The van der Waals surface area contributed by atoms with Gasteiger partial charge in [0, 0.05) is 17.1 Å². The minimum Gasteiger partial charge on any atom is -0.423 e. The number of rotatable bonds is 5. The highest BCUT2D eigenvalue weighted by Crippen LogP contribution is 2.34. The normalized spacial score (nSPS) is 10.3. The van der Waals surface area contributed by atoms with Crippen molar-refractivity contribution < 1.29 is 9.53 Å². The quantitative estimate of drug-likeness (QED) is 0.304. The average molecular weight is 365 g/mol. The van der Waals surface area contributed by atoms with Crippen LogP contribution in [0.2, 0.25) is 0 Å². The van der Waals surface area contributed by atoms with Crippen LogP contribution in [0, 0.1) is 0 Å². The van der Waals surface area contributed by atoms with Crippen LogP contribution in [0.3, 0.4) is 0 Å². The molecule has 0 fully saturated rings. The van der Waals surface area contributed by atoms with Gasteiger partial charge in [-0.15, -0.1) is 0 Å². The van der Waals surface area contributed by atoms with Gasteiger partial charge in [0.25, 0.3) is 0 Å². The summed E-state index contributed by atoms with van der Waals surface area (Å²) in [5.74, 6) is 0.148. The number of carbonyl (C=O) groups excluding carboxylic acids is 1. The monoisotopic (exact) mass is 365 g/mol. The van der Waals surface area contributed by atoms with Crippen LogP contribution in [-0.4, -0.2) is 5.97 Å². The van der Waals surface area contributed by atoms with Gasteiger partial charge in [0.2, 0.25) is 0 Å². The molecule has 0 heterocycles. The fraction of sp³-hybridized carbons (Fsp3) is 0. The number of benzene rings is 4. The number of ether oxygens (including phenoxy) is 1. The van der Waals surface area contributed by atoms with E-state index in [0.29, 0.717) is 11.3 Å². The predicted octanol–water partition coefficient (Wildman–Crippen LogP) is 6.38. The second kappa shape index (κ2) is 8.23. The van der Waals surface area contributed by atoms with Crippen molar-refractivity contribution >= 4 is 23.0 Å². The molecule has 4 aromatic carbocycles. The molecule has 0 aliphatic heterocycles. The molecule has 0 aromatic heterocycles. The summed E-state index contributed by atoms with van der Waals surface area (Å²) in [4.78, 5) is 14.4. The van der Waals surface area contributed by atoms with Gasteiger partial charge in [0.1, 0.15) is 5.75 Å². The maximum absolute atomic E-state index is 12.2. The Balaban J connectivity index is 1.61. The van der Waals surface area contributed by atoms with E-state index in [-0.39, 0.29) is 5.97 Å². The molecular weight excluding hydrogens is 346 g/mol. The zero-order valence-electron chi connectivity index (χ0n) is 15.2. The molecule has 4 aromatic rings. The highest BCUT2D eigenvalue weighted by Gasteiger charge is 2.13. The molecule has 0 radical (unpaired) electrons. The molecule has 3 nitrogen and oxygen atoms in total. The Hall–Kier alpha value is -3.85. The molecule has 0 aliphatic carbocycles. The molecule has 0 saturated heterocycles. The molecule has 0 aliphatic rings. The maximum atomic E-state index is 12.2. The second-order valence-corrected chi connectivity index (χ2v) is 6.26. The van der Waals surface area contributed by atoms with Crippen molar-refractivity contribution in [2.75, 3.05) is 4.90 Å². The van der Waals surface area contributed by atoms with Crippen molar-refractivity contribution in [3.63, 3.8) is 0 Å². The lowest BCUT2D eigenvalue weighted by Gasteiger charge is -2.25. The summed E-state index contributed by atoms with van der Waals surface area (Å²) < 4.78 is 5.49. The van der Waals surface area contributed by atoms with E-state index in [1.54, 1.807) is 12.1 Å². The van der Waals surface area contributed by atoms with Gasteiger partial charge >= 0.3 is 5.97 Å². The maximum Gasteiger partial charge on any atom is 0.343 e. The fourth-order valence-corrected chi connectivity index (χ4v) is 3.00. The first-order chi connectivity index (χ1) is 13.8. The van der Waals surface area contributed by atoms with Gasteiger partial charge in [-0.2, -0.15) is 0 Å². The molecule has 0 bridgehead atoms. The molecule has 0 atom stereocenters. The van der Waals surface area contributed by atoms with Crippen LogP contribution in [0.25, 0.3) is 0 Å². The van der Waals surface area contributed by atoms with Gasteiger partial charge in [-0.05, 0) is 60.7 Å². The van der Waals surface area contributed by atoms with Crippen LogP contribution >= 0.6 is 0 Å². The summed E-state index contributed by atoms with van der Waals surface area (Å²) in [5, 5.41) is 0. The number of hydrogen-bond acceptors (Lipinski definition) is 3. The van der Waals surface area contributed by atoms with Crippen LogP contribution in [0.4, 0.5) is 17.1 Å². The molecule has 4 rings (SSSR count). The molecule has 0 amide bonds. The van der Waals surface area contributed by atoms with Crippen LogP contribution in [0.5, 0.6) is 5.75 Å². The summed E-state index contributed by atoms with van der Waals surface area (Å²) >= 11 is 0. The lowest BCUT2D eigenvalue weighted by molar-refractivity contribution is 0.0735. The smallest absolute Gasteiger partial charge is 0.343 e. The van der Waals surface area contributed by atoms with Gasteiger partial charge in [0.15, 0.2) is 0 Å². The largest absolute Gasteiger partial charge is 0.423 e. The number of hydrogen-bond donors (Lipinski definition) is 0. The summed E-state index contributed by atoms with van der Waals surface area (Å²) in [5.41, 5.74) is 3.63. The Morgan fingerprint density at radius 2 is 0.964 bits per heavy atom. The number of carbonyl (C=O) groups is 1. The van der Waals surface area contributed by atoms with Crippen molar-refractivity contribution in [3.05, 3.63) is 121 Å². The van der Waals surface area contributed by atoms with E-state index in [1.165, 1.54) is 0 Å². The third-order valence-corrected chi connectivity index (χ3v) is 4.34. The van der Waals surface area contributed by atoms with Crippen molar-refractivity contribution in [3.8, 4) is 5.75 Å². The van der Waals surface area contributed by atoms with E-state index in [2.05, 4.69) is 29.2 Å². The molecular formula is C25H19NO2. The topological polar surface area (TPSA) is 29.5 Å². The Bertz CT molecular complexity index is 991. The summed E-state index contributed by atoms with van der Waals surface area (Å²) in [7, 11) is 0. The lowest BCUT2D eigenvalue weighted by Crippen LogP contribution is -2.10. The number of para-hydroxylation sites is 2. The molecule has 3 heteroatoms. The standard InChI is InChI=1S/C25H19NO2/c27-25(20-10-4-1-5-11-20)28-24-18-16-23(17-19-24)26(21-12-6-2-7-13-21)22-14-8-3-9-15-22/h1-19H. The third kappa shape index (κ3) is 3.94. The number of nitrogens with zero attached hydrogens (tertiary/aromatic N) is 1. The zero-order valence-corrected chi connectivity index (χ0v) is 15.2. The van der Waals surface area contributed by atoms with Crippen molar-refractivity contribution in [2.45, 2.75) is 0 Å². The lowest BCUT2D eigenvalue weighted by atomic mass is 10.2. The minimum atomic E-state index is -0.365. The van der Waals surface area contributed by atoms with E-state index in [9.17, 15) is 4.79 Å². The first-order valence-electron chi connectivity index (χ1n) is 9.09. The highest BCUT2D eigenvalue weighted by atomic mass is 16.5. The van der Waals surface area contributed by atoms with E-state index < -0.39 is 0 Å². The Morgan fingerprint density at radius 3 is 1.46 bits per heavy atom. The molecule has 136 valence electrons. The van der Waals surface area contributed by atoms with E-state index in [1.807, 2.05) is 78.9 Å². The molecule has 0 spiro atoms. The van der Waals surface area contributed by atoms with Crippen LogP contribution in [0.1, 0.15) is 10.4 Å². The Labute approximate surface area is 164 Å². The van der Waals surface area contributed by atoms with Crippen molar-refractivity contribution in [1.29, 1.82) is 0 Å². The molecule has 28 heavy (non-hydrogen) atoms. The summed E-state index contributed by atoms with van der Waals surface area (Å²) in [6.45, 7) is 0. The minimum absolute atomic E-state index is 0.365. The van der Waals surface area contributed by atoms with E-state index in [0.717, 1.165) is 17.1 Å². The Morgan fingerprint density at radius 1 is 0.536 bits per heavy atom. The van der Waals surface area contributed by atoms with Gasteiger partial charge in [-0.1, -0.05) is 54.6 Å². The highest BCUT2D eigenvalue weighted by molar-refractivity contribution is 5.91. The fourth-order valence-electron chi connectivity index (χ4n) is 3.00. The van der Waals surface area contributed by atoms with Crippen LogP contribution < -0.4 is 9.64 Å². The molecule has 0 saturated carbocycles. The zero-order chi connectivity index (χ0) is 19.2. The predicted molar refractivity (Wildman–Crippen MR) is 113 cm³/mol. The second-order valence-electron chi connectivity index (χ2n) is 6.26. The molecule has 0 N–H and O–H groups in total. The first kappa shape index (κ1) is 17.6. The first-order valence-corrected chi connectivity index (χ1v) is 9.09. The third-order valence-electron chi connectivity index (χ3n) is 4.34. The van der Waals surface area contributed by atoms with Gasteiger partial charge in [0.05, 0.1) is 5.56 Å². The summed E-state index contributed by atoms with van der Waals surface area (Å²) in [6, 6.07) is 36.8. The van der Waals surface area contributed by atoms with E-state index in [4.69, 9.17) is 4.74 Å². The van der Waals surface area contributed by atoms with Crippen LogP contribution in [0.15, 0.2) is 115 Å². The Kier molecular flexibility index (Phi) is 5.16. The van der Waals surface area contributed by atoms with Crippen LogP contribution in [-0.2, 0) is 0 Å². The van der Waals surface area contributed by atoms with Crippen molar-refractivity contribution in [2.24, 2.45) is 0 Å². The number of esters is 1. The SMILES string of the molecule is O=C(Oc1ccc(N(c2ccccc2)c2ccccc2)cc1)c1ccccc1. The van der Waals surface area contributed by atoms with Gasteiger partial charge in [-0.3, -0.25) is 0 Å². The molecule has 0 unspecified atom stereocenters. The number of anilines is 3. The van der Waals surface area contributed by atoms with Gasteiger partial charge in [-0.25, -0.2) is 4.79 Å². The van der Waals surface area contributed by atoms with Crippen molar-refractivity contribution in [1.82, 2.24) is 0 Å². The average Bonchev–Trinajstić information content (AvgIpc) is 2.77. The summed E-state index contributed by atoms with van der Waals surface area (Å²) in [6.07, 6.45) is 0.